The molecule has 2 nitrogen and oxygen atoms in total. The number of halogens is 3. The van der Waals surface area contributed by atoms with Crippen LogP contribution < -0.4 is 0 Å². The fourth-order valence-corrected chi connectivity index (χ4v) is 3.53. The van der Waals surface area contributed by atoms with Crippen molar-refractivity contribution in [1.82, 2.24) is 9.97 Å². The van der Waals surface area contributed by atoms with Crippen LogP contribution in [-0.2, 0) is 6.18 Å². The summed E-state index contributed by atoms with van der Waals surface area (Å²) in [5, 5.41) is 2.65. The molecule has 1 saturated carbocycles. The summed E-state index contributed by atoms with van der Waals surface area (Å²) in [5.74, 6) is 0.583. The van der Waals surface area contributed by atoms with Crippen molar-refractivity contribution < 1.29 is 13.2 Å². The number of alkyl halides is 3. The van der Waals surface area contributed by atoms with E-state index in [0.29, 0.717) is 16.5 Å². The molecule has 0 spiro atoms. The molecule has 2 heterocycles. The minimum atomic E-state index is -4.32. The van der Waals surface area contributed by atoms with Crippen LogP contribution in [0.25, 0.3) is 21.8 Å². The van der Waals surface area contributed by atoms with E-state index in [2.05, 4.69) is 9.97 Å². The van der Waals surface area contributed by atoms with E-state index in [1.807, 2.05) is 17.6 Å². The van der Waals surface area contributed by atoms with Gasteiger partial charge in [0.1, 0.15) is 5.01 Å². The summed E-state index contributed by atoms with van der Waals surface area (Å²) in [6.45, 7) is 0. The molecule has 0 amide bonds. The zero-order valence-corrected chi connectivity index (χ0v) is 13.4. The van der Waals surface area contributed by atoms with E-state index in [4.69, 9.17) is 0 Å². The van der Waals surface area contributed by atoms with E-state index in [1.54, 1.807) is 6.20 Å². The van der Waals surface area contributed by atoms with Gasteiger partial charge < -0.3 is 0 Å². The molecule has 24 heavy (non-hydrogen) atoms. The van der Waals surface area contributed by atoms with Crippen LogP contribution >= 0.6 is 11.3 Å². The molecule has 1 aliphatic rings. The van der Waals surface area contributed by atoms with Crippen LogP contribution in [0.4, 0.5) is 13.2 Å². The smallest absolute Gasteiger partial charge is 0.264 e. The SMILES string of the molecule is FC(F)(F)c1ccc(-c2nc(-c3cnccc3C3CC3)cs2)cc1. The number of rotatable bonds is 3. The first kappa shape index (κ1) is 15.3. The van der Waals surface area contributed by atoms with Crippen molar-refractivity contribution in [3.8, 4) is 21.8 Å². The molecule has 2 aromatic heterocycles. The number of aromatic nitrogens is 2. The van der Waals surface area contributed by atoms with E-state index in [0.717, 1.165) is 23.4 Å². The molecule has 3 aromatic rings. The maximum atomic E-state index is 12.7. The first-order valence-corrected chi connectivity index (χ1v) is 8.48. The second-order valence-corrected chi connectivity index (χ2v) is 6.71. The van der Waals surface area contributed by atoms with E-state index < -0.39 is 11.7 Å². The molecule has 6 heteroatoms. The highest BCUT2D eigenvalue weighted by molar-refractivity contribution is 7.13. The maximum Gasteiger partial charge on any atom is 0.416 e. The van der Waals surface area contributed by atoms with Crippen LogP contribution in [0.5, 0.6) is 0 Å². The minimum absolute atomic E-state index is 0.583. The molecule has 4 rings (SSSR count). The third-order valence-electron chi connectivity index (χ3n) is 4.11. The van der Waals surface area contributed by atoms with Gasteiger partial charge in [-0.25, -0.2) is 4.98 Å². The quantitative estimate of drug-likeness (QED) is 0.602. The lowest BCUT2D eigenvalue weighted by molar-refractivity contribution is -0.137. The van der Waals surface area contributed by atoms with Crippen LogP contribution in [0.1, 0.15) is 29.9 Å². The summed E-state index contributed by atoms with van der Waals surface area (Å²) < 4.78 is 38.0. The molecule has 1 fully saturated rings. The van der Waals surface area contributed by atoms with Gasteiger partial charge in [-0.05, 0) is 42.5 Å². The first-order valence-electron chi connectivity index (χ1n) is 7.60. The highest BCUT2D eigenvalue weighted by Crippen LogP contribution is 2.44. The molecule has 1 aliphatic carbocycles. The van der Waals surface area contributed by atoms with Crippen molar-refractivity contribution in [1.29, 1.82) is 0 Å². The fourth-order valence-electron chi connectivity index (χ4n) is 2.70. The summed E-state index contributed by atoms with van der Waals surface area (Å²) >= 11 is 1.43. The Morgan fingerprint density at radius 3 is 2.46 bits per heavy atom. The zero-order chi connectivity index (χ0) is 16.7. The number of pyridine rings is 1. The topological polar surface area (TPSA) is 25.8 Å². The lowest BCUT2D eigenvalue weighted by atomic mass is 10.0. The van der Waals surface area contributed by atoms with E-state index in [-0.39, 0.29) is 0 Å². The third kappa shape index (κ3) is 2.94. The fraction of sp³-hybridized carbons (Fsp3) is 0.222. The Labute approximate surface area is 141 Å². The van der Waals surface area contributed by atoms with Crippen LogP contribution in [0, 0.1) is 0 Å². The van der Waals surface area contributed by atoms with E-state index in [1.165, 1.54) is 41.9 Å². The second kappa shape index (κ2) is 5.70. The lowest BCUT2D eigenvalue weighted by Crippen LogP contribution is -2.03. The molecule has 0 unspecified atom stereocenters. The van der Waals surface area contributed by atoms with E-state index >= 15 is 0 Å². The van der Waals surface area contributed by atoms with Gasteiger partial charge in [-0.1, -0.05) is 12.1 Å². The normalized spacial score (nSPS) is 14.8. The van der Waals surface area contributed by atoms with Crippen LogP contribution in [0.15, 0.2) is 48.1 Å². The highest BCUT2D eigenvalue weighted by Gasteiger charge is 2.30. The number of hydrogen-bond acceptors (Lipinski definition) is 3. The van der Waals surface area contributed by atoms with Crippen molar-refractivity contribution in [2.24, 2.45) is 0 Å². The molecule has 0 bridgehead atoms. The molecular formula is C18H13F3N2S. The first-order chi connectivity index (χ1) is 11.5. The van der Waals surface area contributed by atoms with Crippen molar-refractivity contribution in [2.75, 3.05) is 0 Å². The van der Waals surface area contributed by atoms with Crippen molar-refractivity contribution in [3.63, 3.8) is 0 Å². The van der Waals surface area contributed by atoms with Gasteiger partial charge >= 0.3 is 6.18 Å². The summed E-state index contributed by atoms with van der Waals surface area (Å²) in [6.07, 6.45) is 1.67. The number of benzene rings is 1. The van der Waals surface area contributed by atoms with Gasteiger partial charge in [0.15, 0.2) is 0 Å². The Bertz CT molecular complexity index is 864. The Morgan fingerprint density at radius 2 is 1.79 bits per heavy atom. The predicted molar refractivity (Wildman–Crippen MR) is 87.8 cm³/mol. The Balaban J connectivity index is 1.66. The molecule has 0 N–H and O–H groups in total. The summed E-state index contributed by atoms with van der Waals surface area (Å²) in [4.78, 5) is 8.80. The van der Waals surface area contributed by atoms with Crippen molar-refractivity contribution >= 4 is 11.3 Å². The van der Waals surface area contributed by atoms with Gasteiger partial charge in [0.05, 0.1) is 11.3 Å². The predicted octanol–water partition coefficient (Wildman–Crippen LogP) is 5.77. The van der Waals surface area contributed by atoms with Crippen molar-refractivity contribution in [2.45, 2.75) is 24.9 Å². The van der Waals surface area contributed by atoms with Gasteiger partial charge in [-0.2, -0.15) is 13.2 Å². The van der Waals surface area contributed by atoms with Gasteiger partial charge in [-0.3, -0.25) is 4.98 Å². The van der Waals surface area contributed by atoms with Gasteiger partial charge in [0, 0.05) is 28.9 Å². The Hall–Kier alpha value is -2.21. The van der Waals surface area contributed by atoms with Gasteiger partial charge in [0.25, 0.3) is 0 Å². The largest absolute Gasteiger partial charge is 0.416 e. The summed E-state index contributed by atoms with van der Waals surface area (Å²) in [5.41, 5.74) is 3.16. The minimum Gasteiger partial charge on any atom is -0.264 e. The summed E-state index contributed by atoms with van der Waals surface area (Å²) in [6, 6.07) is 7.16. The van der Waals surface area contributed by atoms with Gasteiger partial charge in [-0.15, -0.1) is 11.3 Å². The van der Waals surface area contributed by atoms with Crippen molar-refractivity contribution in [3.05, 3.63) is 59.2 Å². The average Bonchev–Trinajstić information content (AvgIpc) is 3.31. The number of hydrogen-bond donors (Lipinski definition) is 0. The molecular weight excluding hydrogens is 333 g/mol. The zero-order valence-electron chi connectivity index (χ0n) is 12.5. The molecule has 1 aromatic carbocycles. The molecule has 0 saturated heterocycles. The highest BCUT2D eigenvalue weighted by atomic mass is 32.1. The van der Waals surface area contributed by atoms with E-state index in [9.17, 15) is 13.2 Å². The Morgan fingerprint density at radius 1 is 1.04 bits per heavy atom. The Kier molecular flexibility index (Phi) is 3.64. The lowest BCUT2D eigenvalue weighted by Gasteiger charge is -2.06. The van der Waals surface area contributed by atoms with Crippen LogP contribution in [0.2, 0.25) is 0 Å². The number of thiazole rings is 1. The third-order valence-corrected chi connectivity index (χ3v) is 5.00. The number of nitrogens with zero attached hydrogens (tertiary/aromatic N) is 2. The maximum absolute atomic E-state index is 12.7. The summed E-state index contributed by atoms with van der Waals surface area (Å²) in [7, 11) is 0. The average molecular weight is 346 g/mol. The van der Waals surface area contributed by atoms with Crippen LogP contribution in [-0.4, -0.2) is 9.97 Å². The molecule has 0 radical (unpaired) electrons. The molecule has 0 aliphatic heterocycles. The molecule has 122 valence electrons. The second-order valence-electron chi connectivity index (χ2n) is 5.85. The molecule has 0 atom stereocenters. The van der Waals surface area contributed by atoms with Crippen LogP contribution in [0.3, 0.4) is 0 Å². The monoisotopic (exact) mass is 346 g/mol. The van der Waals surface area contributed by atoms with Gasteiger partial charge in [0.2, 0.25) is 0 Å². The standard InChI is InChI=1S/C18H13F3N2S/c19-18(20,21)13-5-3-12(4-6-13)17-23-16(10-24-17)15-9-22-8-7-14(15)11-1-2-11/h3-11H,1-2H2.